The number of anilines is 1. The molecule has 6 heteroatoms. The summed E-state index contributed by atoms with van der Waals surface area (Å²) < 4.78 is 44.2. The van der Waals surface area contributed by atoms with Gasteiger partial charge in [-0.3, -0.25) is 4.79 Å². The lowest BCUT2D eigenvalue weighted by atomic mass is 10.00. The number of nitrogens with one attached hydrogen (secondary N) is 1. The third-order valence-electron chi connectivity index (χ3n) is 4.79. The number of para-hydroxylation sites is 2. The van der Waals surface area contributed by atoms with Gasteiger partial charge >= 0.3 is 6.18 Å². The van der Waals surface area contributed by atoms with Gasteiger partial charge in [0, 0.05) is 11.1 Å². The molecule has 4 rings (SSSR count). The van der Waals surface area contributed by atoms with Crippen molar-refractivity contribution < 1.29 is 22.7 Å². The Hall–Kier alpha value is -3.54. The lowest BCUT2D eigenvalue weighted by molar-refractivity contribution is -0.137. The molecule has 0 aromatic heterocycles. The second-order valence-electron chi connectivity index (χ2n) is 6.53. The summed E-state index contributed by atoms with van der Waals surface area (Å²) in [5, 5.41) is 3.25. The van der Waals surface area contributed by atoms with E-state index in [1.165, 1.54) is 12.1 Å². The zero-order chi connectivity index (χ0) is 20.6. The van der Waals surface area contributed by atoms with Crippen LogP contribution in [0.2, 0.25) is 0 Å². The van der Waals surface area contributed by atoms with E-state index in [1.54, 1.807) is 25.3 Å². The Labute approximate surface area is 165 Å². The fourth-order valence-corrected chi connectivity index (χ4v) is 3.40. The molecule has 3 aromatic carbocycles. The van der Waals surface area contributed by atoms with Gasteiger partial charge in [-0.25, -0.2) is 0 Å². The third kappa shape index (κ3) is 3.38. The molecule has 0 saturated carbocycles. The molecule has 0 heterocycles. The maximum atomic E-state index is 13.1. The van der Waals surface area contributed by atoms with Crippen LogP contribution in [0.4, 0.5) is 18.9 Å². The van der Waals surface area contributed by atoms with Gasteiger partial charge in [-0.05, 0) is 29.8 Å². The minimum atomic E-state index is -4.44. The van der Waals surface area contributed by atoms with Crippen LogP contribution in [0.5, 0.6) is 5.75 Å². The van der Waals surface area contributed by atoms with Crippen molar-refractivity contribution in [3.05, 3.63) is 95.1 Å². The molecule has 0 spiro atoms. The molecule has 0 radical (unpaired) electrons. The predicted molar refractivity (Wildman–Crippen MR) is 106 cm³/mol. The minimum Gasteiger partial charge on any atom is -0.495 e. The Bertz CT molecular complexity index is 1120. The first-order valence-electron chi connectivity index (χ1n) is 8.86. The number of hydrogen-bond donors (Lipinski definition) is 1. The van der Waals surface area contributed by atoms with Crippen LogP contribution < -0.4 is 10.1 Å². The van der Waals surface area contributed by atoms with Gasteiger partial charge in [-0.15, -0.1) is 0 Å². The maximum absolute atomic E-state index is 13.1. The second kappa shape index (κ2) is 7.13. The molecule has 0 saturated heterocycles. The number of Topliss-reactive ketones (excluding diaryl/α,β-unsaturated/α-hetero) is 1. The molecular formula is C23H16F3NO2. The highest BCUT2D eigenvalue weighted by atomic mass is 19.4. The highest BCUT2D eigenvalue weighted by Gasteiger charge is 2.33. The van der Waals surface area contributed by atoms with Crippen molar-refractivity contribution in [2.45, 2.75) is 6.18 Å². The number of benzene rings is 3. The molecule has 146 valence electrons. The van der Waals surface area contributed by atoms with Crippen molar-refractivity contribution in [2.75, 3.05) is 12.4 Å². The number of alkyl halides is 3. The number of ether oxygens (including phenoxy) is 1. The van der Waals surface area contributed by atoms with Crippen LogP contribution in [0.25, 0.3) is 11.3 Å². The van der Waals surface area contributed by atoms with Crippen LogP contribution in [0.15, 0.2) is 72.8 Å². The van der Waals surface area contributed by atoms with Crippen LogP contribution >= 0.6 is 0 Å². The van der Waals surface area contributed by atoms with Crippen LogP contribution in [0.1, 0.15) is 27.0 Å². The molecule has 1 aliphatic rings. The third-order valence-corrected chi connectivity index (χ3v) is 4.79. The highest BCUT2D eigenvalue weighted by Crippen LogP contribution is 2.41. The Morgan fingerprint density at radius 1 is 0.828 bits per heavy atom. The molecule has 0 fully saturated rings. The normalized spacial score (nSPS) is 13.4. The lowest BCUT2D eigenvalue weighted by Crippen LogP contribution is -2.06. The van der Waals surface area contributed by atoms with E-state index in [1.807, 2.05) is 30.3 Å². The van der Waals surface area contributed by atoms with Crippen LogP contribution in [-0.4, -0.2) is 12.9 Å². The predicted octanol–water partition coefficient (Wildman–Crippen LogP) is 5.89. The van der Waals surface area contributed by atoms with Gasteiger partial charge in [0.05, 0.1) is 29.6 Å². The summed E-state index contributed by atoms with van der Waals surface area (Å²) in [5.74, 6) is 0.348. The summed E-state index contributed by atoms with van der Waals surface area (Å²) >= 11 is 0. The summed E-state index contributed by atoms with van der Waals surface area (Å²) in [6.07, 6.45) is -4.44. The van der Waals surface area contributed by atoms with E-state index in [2.05, 4.69) is 5.32 Å². The second-order valence-corrected chi connectivity index (χ2v) is 6.53. The average molecular weight is 395 g/mol. The Morgan fingerprint density at radius 2 is 1.45 bits per heavy atom. The summed E-state index contributed by atoms with van der Waals surface area (Å²) in [6.45, 7) is 0. The molecule has 0 unspecified atom stereocenters. The zero-order valence-electron chi connectivity index (χ0n) is 15.4. The van der Waals surface area contributed by atoms with Crippen molar-refractivity contribution >= 4 is 22.7 Å². The maximum Gasteiger partial charge on any atom is 0.416 e. The SMILES string of the molecule is COc1ccccc1NC1=C(c2ccc(C(F)(F)F)cc2)C(=O)c2ccccc21. The van der Waals surface area contributed by atoms with E-state index in [9.17, 15) is 18.0 Å². The van der Waals surface area contributed by atoms with Crippen LogP contribution in [0.3, 0.4) is 0 Å². The van der Waals surface area contributed by atoms with Gasteiger partial charge in [-0.1, -0.05) is 48.5 Å². The van der Waals surface area contributed by atoms with E-state index in [0.717, 1.165) is 12.1 Å². The molecule has 1 N–H and O–H groups in total. The number of allylic oxidation sites excluding steroid dienone is 1. The molecule has 0 atom stereocenters. The van der Waals surface area contributed by atoms with E-state index in [4.69, 9.17) is 4.74 Å². The first-order valence-corrected chi connectivity index (χ1v) is 8.86. The fourth-order valence-electron chi connectivity index (χ4n) is 3.40. The minimum absolute atomic E-state index is 0.238. The van der Waals surface area contributed by atoms with Gasteiger partial charge in [0.1, 0.15) is 5.75 Å². The standard InChI is InChI=1S/C23H16F3NO2/c1-29-19-9-5-4-8-18(19)27-21-16-6-2-3-7-17(16)22(28)20(21)14-10-12-15(13-11-14)23(24,25)26/h2-13,27H,1H3. The Kier molecular flexibility index (Phi) is 4.62. The number of methoxy groups -OCH3 is 1. The summed E-state index contributed by atoms with van der Waals surface area (Å²) in [4.78, 5) is 13.1. The van der Waals surface area contributed by atoms with Crippen LogP contribution in [0, 0.1) is 0 Å². The molecule has 3 nitrogen and oxygen atoms in total. The molecule has 0 amide bonds. The smallest absolute Gasteiger partial charge is 0.416 e. The number of ketones is 1. The molecule has 3 aromatic rings. The molecule has 0 bridgehead atoms. The van der Waals surface area contributed by atoms with Gasteiger partial charge < -0.3 is 10.1 Å². The number of rotatable bonds is 4. The number of carbonyl (C=O) groups is 1. The zero-order valence-corrected chi connectivity index (χ0v) is 15.4. The van der Waals surface area contributed by atoms with Gasteiger partial charge in [-0.2, -0.15) is 13.2 Å². The summed E-state index contributed by atoms with van der Waals surface area (Å²) in [6, 6.07) is 18.9. The fraction of sp³-hybridized carbons (Fsp3) is 0.0870. The van der Waals surface area contributed by atoms with Crippen molar-refractivity contribution in [1.82, 2.24) is 0 Å². The average Bonchev–Trinajstić information content (AvgIpc) is 3.00. The van der Waals surface area contributed by atoms with E-state index in [-0.39, 0.29) is 5.78 Å². The highest BCUT2D eigenvalue weighted by molar-refractivity contribution is 6.40. The lowest BCUT2D eigenvalue weighted by Gasteiger charge is -2.15. The van der Waals surface area contributed by atoms with Crippen molar-refractivity contribution in [1.29, 1.82) is 0 Å². The molecule has 0 aliphatic heterocycles. The quantitative estimate of drug-likeness (QED) is 0.599. The topological polar surface area (TPSA) is 38.3 Å². The number of carbonyl (C=O) groups excluding carboxylic acids is 1. The van der Waals surface area contributed by atoms with Crippen molar-refractivity contribution in [3.63, 3.8) is 0 Å². The van der Waals surface area contributed by atoms with E-state index >= 15 is 0 Å². The summed E-state index contributed by atoms with van der Waals surface area (Å²) in [7, 11) is 1.54. The largest absolute Gasteiger partial charge is 0.495 e. The Morgan fingerprint density at radius 3 is 2.10 bits per heavy atom. The molecular weight excluding hydrogens is 379 g/mol. The number of fused-ring (bicyclic) bond motifs is 1. The first kappa shape index (κ1) is 18.8. The monoisotopic (exact) mass is 395 g/mol. The number of halogens is 3. The van der Waals surface area contributed by atoms with Gasteiger partial charge in [0.2, 0.25) is 0 Å². The van der Waals surface area contributed by atoms with Crippen LogP contribution in [-0.2, 0) is 6.18 Å². The van der Waals surface area contributed by atoms with Gasteiger partial charge in [0.15, 0.2) is 5.78 Å². The van der Waals surface area contributed by atoms with Crippen molar-refractivity contribution in [3.8, 4) is 5.75 Å². The van der Waals surface area contributed by atoms with Crippen molar-refractivity contribution in [2.24, 2.45) is 0 Å². The first-order chi connectivity index (χ1) is 13.9. The van der Waals surface area contributed by atoms with E-state index < -0.39 is 11.7 Å². The Balaban J connectivity index is 1.85. The number of hydrogen-bond acceptors (Lipinski definition) is 3. The van der Waals surface area contributed by atoms with E-state index in [0.29, 0.717) is 39.4 Å². The molecule has 29 heavy (non-hydrogen) atoms. The molecule has 1 aliphatic carbocycles. The van der Waals surface area contributed by atoms with Gasteiger partial charge in [0.25, 0.3) is 0 Å². The summed E-state index contributed by atoms with van der Waals surface area (Å²) in [5.41, 5.74) is 2.36.